The summed E-state index contributed by atoms with van der Waals surface area (Å²) in [5.74, 6) is 0.665. The molecular formula is C40H43N3O10. The Kier molecular flexibility index (Phi) is 15.9. The van der Waals surface area contributed by atoms with Crippen molar-refractivity contribution in [3.8, 4) is 11.5 Å². The molecular weight excluding hydrogens is 682 g/mol. The summed E-state index contributed by atoms with van der Waals surface area (Å²) in [5, 5.41) is 3.95. The predicted octanol–water partition coefficient (Wildman–Crippen LogP) is 5.15. The number of aromatic nitrogens is 1. The second-order valence-electron chi connectivity index (χ2n) is 12.1. The number of fused-ring (bicyclic) bond motifs is 5. The lowest BCUT2D eigenvalue weighted by atomic mass is 9.78. The second kappa shape index (κ2) is 20.5. The molecule has 3 aromatic rings. The number of ether oxygens (including phenoxy) is 3. The van der Waals surface area contributed by atoms with E-state index in [4.69, 9.17) is 33.4 Å². The van der Waals surface area contributed by atoms with E-state index in [0.29, 0.717) is 48.6 Å². The summed E-state index contributed by atoms with van der Waals surface area (Å²) < 4.78 is 16.6. The van der Waals surface area contributed by atoms with Gasteiger partial charge in [-0.25, -0.2) is 0 Å². The van der Waals surface area contributed by atoms with Gasteiger partial charge in [0.1, 0.15) is 24.7 Å². The van der Waals surface area contributed by atoms with Gasteiger partial charge < -0.3 is 29.4 Å². The molecule has 0 radical (unpaired) electrons. The largest absolute Gasteiger partial charge is 0.489 e. The topological polar surface area (TPSA) is 178 Å². The number of nitrogens with one attached hydrogen (secondary N) is 2. The number of carbonyl (C=O) groups excluding carboxylic acids is 7. The first-order chi connectivity index (χ1) is 25.6. The van der Waals surface area contributed by atoms with E-state index >= 15 is 0 Å². The van der Waals surface area contributed by atoms with Gasteiger partial charge in [-0.1, -0.05) is 43.9 Å². The minimum absolute atomic E-state index is 0.0807. The van der Waals surface area contributed by atoms with Gasteiger partial charge in [0.05, 0.1) is 11.1 Å². The Labute approximate surface area is 307 Å². The first kappa shape index (κ1) is 41.1. The van der Waals surface area contributed by atoms with Crippen LogP contribution in [0.4, 0.5) is 0 Å². The highest BCUT2D eigenvalue weighted by Crippen LogP contribution is 2.46. The Morgan fingerprint density at radius 2 is 1.70 bits per heavy atom. The van der Waals surface area contributed by atoms with Crippen LogP contribution in [0.5, 0.6) is 11.5 Å². The first-order valence-electron chi connectivity index (χ1n) is 16.9. The maximum Gasteiger partial charge on any atom is 0.373 e. The molecule has 3 heterocycles. The van der Waals surface area contributed by atoms with Crippen LogP contribution in [0.25, 0.3) is 10.9 Å². The van der Waals surface area contributed by atoms with Crippen molar-refractivity contribution in [1.29, 1.82) is 0 Å². The summed E-state index contributed by atoms with van der Waals surface area (Å²) in [7, 11) is 0. The van der Waals surface area contributed by atoms with Crippen molar-refractivity contribution < 1.29 is 47.8 Å². The Morgan fingerprint density at radius 1 is 0.981 bits per heavy atom. The number of para-hydroxylation sites is 1. The molecule has 2 aromatic carbocycles. The molecule has 1 aromatic heterocycles. The molecule has 0 spiro atoms. The van der Waals surface area contributed by atoms with E-state index in [2.05, 4.69) is 42.2 Å². The number of aromatic amines is 1. The number of hydrogen-bond acceptors (Lipinski definition) is 11. The van der Waals surface area contributed by atoms with Crippen LogP contribution in [-0.4, -0.2) is 72.8 Å². The van der Waals surface area contributed by atoms with Crippen LogP contribution in [0.2, 0.25) is 0 Å². The number of carbonyl (C=O) groups is 3. The lowest BCUT2D eigenvalue weighted by Crippen LogP contribution is -2.48. The molecule has 2 aliphatic rings. The van der Waals surface area contributed by atoms with E-state index in [1.807, 2.05) is 42.6 Å². The van der Waals surface area contributed by atoms with Crippen molar-refractivity contribution in [2.75, 3.05) is 32.9 Å². The van der Waals surface area contributed by atoms with Crippen molar-refractivity contribution >= 4 is 40.9 Å². The number of rotatable bonds is 16. The third-order valence-corrected chi connectivity index (χ3v) is 8.84. The van der Waals surface area contributed by atoms with Crippen LogP contribution >= 0.6 is 0 Å². The Balaban J connectivity index is 0.00000118. The average molecular weight is 726 g/mol. The zero-order valence-corrected chi connectivity index (χ0v) is 29.9. The van der Waals surface area contributed by atoms with Crippen molar-refractivity contribution in [3.05, 3.63) is 108 Å². The normalized spacial score (nSPS) is 15.1. The van der Waals surface area contributed by atoms with Gasteiger partial charge in [-0.2, -0.15) is 19.2 Å². The van der Waals surface area contributed by atoms with Gasteiger partial charge in [0.15, 0.2) is 12.4 Å². The molecule has 0 saturated heterocycles. The Hall–Kier alpha value is -6.29. The number of Topliss-reactive ketones (excluding diaryl/α,β-unsaturated/α-hetero) is 1. The van der Waals surface area contributed by atoms with Gasteiger partial charge in [0.25, 0.3) is 5.91 Å². The summed E-state index contributed by atoms with van der Waals surface area (Å²) >= 11 is 0. The minimum atomic E-state index is -0.456. The summed E-state index contributed by atoms with van der Waals surface area (Å²) in [4.78, 5) is 76.0. The number of esters is 1. The molecule has 5 rings (SSSR count). The number of H-pyrrole nitrogens is 1. The zero-order valence-electron chi connectivity index (χ0n) is 29.9. The molecule has 1 atom stereocenters. The van der Waals surface area contributed by atoms with Crippen LogP contribution in [0.3, 0.4) is 0 Å². The third-order valence-electron chi connectivity index (χ3n) is 8.84. The number of allylic oxidation sites excluding steroid dienone is 2. The smallest absolute Gasteiger partial charge is 0.373 e. The average Bonchev–Trinajstić information content (AvgIpc) is 3.53. The monoisotopic (exact) mass is 725 g/mol. The van der Waals surface area contributed by atoms with Gasteiger partial charge in [0, 0.05) is 47.9 Å². The van der Waals surface area contributed by atoms with E-state index in [-0.39, 0.29) is 43.2 Å². The molecule has 13 nitrogen and oxygen atoms in total. The molecule has 0 fully saturated rings. The summed E-state index contributed by atoms with van der Waals surface area (Å²) in [6.45, 7) is 13.2. The fraction of sp³-hybridized carbons (Fsp3) is 0.325. The fourth-order valence-electron chi connectivity index (χ4n) is 6.22. The number of ketones is 1. The number of amides is 1. The third kappa shape index (κ3) is 10.6. The SMILES string of the molecule is C=CCOC(=O)CCCCCNC(=O)COc1ccc2[nH]c3c(c2c1)CCN1C=C(C(=O)c2ccccc2OCC=C)C=C(C)C31C.O=C=O.O=C=O. The van der Waals surface area contributed by atoms with Crippen molar-refractivity contribution in [2.45, 2.75) is 51.5 Å². The van der Waals surface area contributed by atoms with Crippen LogP contribution < -0.4 is 14.8 Å². The molecule has 0 bridgehead atoms. The van der Waals surface area contributed by atoms with E-state index in [9.17, 15) is 14.4 Å². The first-order valence-corrected chi connectivity index (χ1v) is 16.9. The summed E-state index contributed by atoms with van der Waals surface area (Å²) in [5.41, 5.74) is 5.04. The maximum atomic E-state index is 13.7. The fourth-order valence-corrected chi connectivity index (χ4v) is 6.22. The molecule has 278 valence electrons. The van der Waals surface area contributed by atoms with Crippen LogP contribution in [-0.2, 0) is 45.5 Å². The van der Waals surface area contributed by atoms with Gasteiger partial charge in [-0.15, -0.1) is 0 Å². The van der Waals surface area contributed by atoms with Crippen LogP contribution in [0, 0.1) is 0 Å². The lowest BCUT2D eigenvalue weighted by Gasteiger charge is -2.47. The van der Waals surface area contributed by atoms with Gasteiger partial charge in [-0.3, -0.25) is 14.4 Å². The van der Waals surface area contributed by atoms with Crippen LogP contribution in [0.15, 0.2) is 91.2 Å². The number of nitrogens with zero attached hydrogens (tertiary/aromatic N) is 1. The Morgan fingerprint density at radius 3 is 2.42 bits per heavy atom. The lowest BCUT2D eigenvalue weighted by molar-refractivity contribution is -0.193. The highest BCUT2D eigenvalue weighted by atomic mass is 16.5. The molecule has 2 N–H and O–H groups in total. The van der Waals surface area contributed by atoms with E-state index in [0.717, 1.165) is 48.0 Å². The predicted molar refractivity (Wildman–Crippen MR) is 193 cm³/mol. The molecule has 53 heavy (non-hydrogen) atoms. The van der Waals surface area contributed by atoms with Crippen molar-refractivity contribution in [2.24, 2.45) is 0 Å². The molecule has 1 amide bonds. The Bertz CT molecular complexity index is 1920. The van der Waals surface area contributed by atoms with Gasteiger partial charge in [0.2, 0.25) is 0 Å². The van der Waals surface area contributed by atoms with E-state index in [1.165, 1.54) is 5.56 Å². The van der Waals surface area contributed by atoms with Crippen LogP contribution in [0.1, 0.15) is 61.1 Å². The quantitative estimate of drug-likeness (QED) is 0.0864. The second-order valence-corrected chi connectivity index (χ2v) is 12.1. The molecule has 0 saturated carbocycles. The standard InChI is InChI=1S/C38H43N3O6.2CO2/c1-5-20-45-33-13-10-9-12-30(33)36(44)27-22-26(3)38(4)37-29(17-19-41(38)24-27)31-23-28(15-16-32(31)40-37)47-25-34(42)39-18-11-7-8-14-35(43)46-21-6-2;2*2-1-3/h5-6,9-10,12-13,15-16,22-24,40H,1-2,7-8,11,14,17-21,25H2,3-4H3,(H,39,42);;. The van der Waals surface area contributed by atoms with Gasteiger partial charge in [-0.05, 0) is 80.7 Å². The number of hydrogen-bond donors (Lipinski definition) is 2. The maximum absolute atomic E-state index is 13.7. The van der Waals surface area contributed by atoms with Crippen molar-refractivity contribution in [1.82, 2.24) is 15.2 Å². The van der Waals surface area contributed by atoms with Crippen molar-refractivity contribution in [3.63, 3.8) is 0 Å². The number of benzene rings is 2. The highest BCUT2D eigenvalue weighted by Gasteiger charge is 2.43. The molecule has 0 aliphatic carbocycles. The zero-order chi connectivity index (χ0) is 38.8. The van der Waals surface area contributed by atoms with E-state index in [1.54, 1.807) is 24.3 Å². The minimum Gasteiger partial charge on any atom is -0.489 e. The summed E-state index contributed by atoms with van der Waals surface area (Å²) in [6, 6.07) is 13.2. The number of unbranched alkanes of at least 4 members (excludes halogenated alkanes) is 2. The highest BCUT2D eigenvalue weighted by molar-refractivity contribution is 6.12. The molecule has 13 heteroatoms. The summed E-state index contributed by atoms with van der Waals surface area (Å²) in [6.07, 6.45) is 11.1. The molecule has 2 aliphatic heterocycles. The van der Waals surface area contributed by atoms with Gasteiger partial charge >= 0.3 is 18.3 Å². The molecule has 1 unspecified atom stereocenters. The van der Waals surface area contributed by atoms with E-state index < -0.39 is 5.54 Å².